The summed E-state index contributed by atoms with van der Waals surface area (Å²) >= 11 is 1.82. The maximum Gasteiger partial charge on any atom is 0.0927 e. The molecule has 0 radical (unpaired) electrons. The Morgan fingerprint density at radius 2 is 1.74 bits per heavy atom. The van der Waals surface area contributed by atoms with Gasteiger partial charge in [-0.3, -0.25) is 0 Å². The van der Waals surface area contributed by atoms with Crippen LogP contribution in [0.5, 0.6) is 0 Å². The average molecular weight is 321 g/mol. The molecule has 1 atom stereocenters. The van der Waals surface area contributed by atoms with Crippen molar-refractivity contribution in [3.05, 3.63) is 81.6 Å². The molecular formula is C21H23NS. The number of hydrogen-bond donors (Lipinski definition) is 0. The fraction of sp³-hybridized carbons (Fsp3) is 0.333. The Morgan fingerprint density at radius 1 is 0.957 bits per heavy atom. The molecule has 2 heteroatoms. The minimum absolute atomic E-state index is 0.0886. The van der Waals surface area contributed by atoms with Gasteiger partial charge in [-0.2, -0.15) is 0 Å². The topological polar surface area (TPSA) is 3.24 Å². The fourth-order valence-corrected chi connectivity index (χ4v) is 4.38. The van der Waals surface area contributed by atoms with Gasteiger partial charge in [0.25, 0.3) is 0 Å². The van der Waals surface area contributed by atoms with Crippen LogP contribution in [-0.2, 0) is 0 Å². The second-order valence-electron chi connectivity index (χ2n) is 7.69. The van der Waals surface area contributed by atoms with Crippen LogP contribution >= 0.6 is 11.8 Å². The third kappa shape index (κ3) is 1.94. The van der Waals surface area contributed by atoms with Crippen LogP contribution in [0.2, 0.25) is 0 Å². The fourth-order valence-electron chi connectivity index (χ4n) is 3.81. The van der Waals surface area contributed by atoms with Gasteiger partial charge in [-0.05, 0) is 59.6 Å². The quantitative estimate of drug-likeness (QED) is 0.627. The lowest BCUT2D eigenvalue weighted by Crippen LogP contribution is -2.52. The zero-order chi connectivity index (χ0) is 16.4. The van der Waals surface area contributed by atoms with Crippen LogP contribution in [0, 0.1) is 5.41 Å². The van der Waals surface area contributed by atoms with Crippen LogP contribution in [0.15, 0.2) is 81.6 Å². The standard InChI is InChI=1S/C21H23NS/c1-20(2,3)16-12-14-6-8-17-9-11-19(23-5)18-10-7-15(13-16)21(14,4)22(17)18/h6-13H,1-5H3. The third-order valence-corrected chi connectivity index (χ3v) is 6.08. The molecule has 0 aromatic heterocycles. The molecule has 23 heavy (non-hydrogen) atoms. The van der Waals surface area contributed by atoms with Crippen molar-refractivity contribution in [2.75, 3.05) is 6.26 Å². The predicted octanol–water partition coefficient (Wildman–Crippen LogP) is 5.50. The monoisotopic (exact) mass is 321 g/mol. The Morgan fingerprint density at radius 3 is 2.43 bits per heavy atom. The highest BCUT2D eigenvalue weighted by Gasteiger charge is 2.47. The van der Waals surface area contributed by atoms with Gasteiger partial charge >= 0.3 is 0 Å². The summed E-state index contributed by atoms with van der Waals surface area (Å²) in [5.74, 6) is 0. The summed E-state index contributed by atoms with van der Waals surface area (Å²) in [7, 11) is 0. The van der Waals surface area contributed by atoms with E-state index in [9.17, 15) is 0 Å². The van der Waals surface area contributed by atoms with Crippen molar-refractivity contribution in [1.82, 2.24) is 4.90 Å². The van der Waals surface area contributed by atoms with Crippen molar-refractivity contribution in [3.63, 3.8) is 0 Å². The van der Waals surface area contributed by atoms with Gasteiger partial charge in [-0.1, -0.05) is 45.1 Å². The van der Waals surface area contributed by atoms with E-state index in [4.69, 9.17) is 0 Å². The number of rotatable bonds is 1. The molecule has 0 fully saturated rings. The van der Waals surface area contributed by atoms with Gasteiger partial charge in [-0.15, -0.1) is 11.8 Å². The largest absolute Gasteiger partial charge is 0.326 e. The summed E-state index contributed by atoms with van der Waals surface area (Å²) in [4.78, 5) is 3.85. The maximum atomic E-state index is 2.51. The number of thioether (sulfide) groups is 1. The smallest absolute Gasteiger partial charge is 0.0927 e. The molecule has 0 bridgehead atoms. The zero-order valence-electron chi connectivity index (χ0n) is 14.5. The molecule has 0 aromatic carbocycles. The molecule has 0 spiro atoms. The average Bonchev–Trinajstić information content (AvgIpc) is 2.50. The van der Waals surface area contributed by atoms with E-state index in [0.29, 0.717) is 0 Å². The minimum atomic E-state index is -0.0886. The number of allylic oxidation sites excluding steroid dienone is 7. The van der Waals surface area contributed by atoms with E-state index in [-0.39, 0.29) is 11.0 Å². The van der Waals surface area contributed by atoms with Crippen molar-refractivity contribution < 1.29 is 0 Å². The molecule has 0 amide bonds. The highest BCUT2D eigenvalue weighted by atomic mass is 32.2. The number of nitrogens with zero attached hydrogens (tertiary/aromatic N) is 1. The Labute approximate surface area is 143 Å². The zero-order valence-corrected chi connectivity index (χ0v) is 15.3. The predicted molar refractivity (Wildman–Crippen MR) is 101 cm³/mol. The highest BCUT2D eigenvalue weighted by Crippen LogP contribution is 2.52. The normalized spacial score (nSPS) is 28.1. The Bertz CT molecular complexity index is 805. The Hall–Kier alpha value is -1.67. The summed E-state index contributed by atoms with van der Waals surface area (Å²) in [5, 5.41) is 0. The molecule has 4 aliphatic rings. The molecule has 0 aromatic rings. The molecular weight excluding hydrogens is 298 g/mol. The molecule has 0 N–H and O–H groups in total. The van der Waals surface area contributed by atoms with Crippen LogP contribution in [0.4, 0.5) is 0 Å². The van der Waals surface area contributed by atoms with Crippen LogP contribution in [-0.4, -0.2) is 16.7 Å². The van der Waals surface area contributed by atoms with Gasteiger partial charge < -0.3 is 4.90 Å². The first kappa shape index (κ1) is 14.9. The van der Waals surface area contributed by atoms with E-state index in [1.807, 2.05) is 11.8 Å². The lowest BCUT2D eigenvalue weighted by Gasteiger charge is -2.53. The summed E-state index contributed by atoms with van der Waals surface area (Å²) in [6.45, 7) is 9.22. The summed E-state index contributed by atoms with van der Waals surface area (Å²) in [5.41, 5.74) is 6.87. The van der Waals surface area contributed by atoms with Gasteiger partial charge in [0.1, 0.15) is 0 Å². The van der Waals surface area contributed by atoms with Gasteiger partial charge in [0.2, 0.25) is 0 Å². The van der Waals surface area contributed by atoms with Crippen molar-refractivity contribution in [2.24, 2.45) is 5.41 Å². The van der Waals surface area contributed by atoms with E-state index in [2.05, 4.69) is 87.5 Å². The van der Waals surface area contributed by atoms with Crippen molar-refractivity contribution in [3.8, 4) is 0 Å². The van der Waals surface area contributed by atoms with Crippen LogP contribution < -0.4 is 0 Å². The van der Waals surface area contributed by atoms with E-state index < -0.39 is 0 Å². The first-order valence-electron chi connectivity index (χ1n) is 8.17. The Kier molecular flexibility index (Phi) is 3.02. The third-order valence-electron chi connectivity index (χ3n) is 5.29. The van der Waals surface area contributed by atoms with Crippen LogP contribution in [0.3, 0.4) is 0 Å². The molecule has 4 rings (SSSR count). The Balaban J connectivity index is 1.98. The molecule has 1 aliphatic carbocycles. The summed E-state index contributed by atoms with van der Waals surface area (Å²) < 4.78 is 0. The molecule has 1 nitrogen and oxygen atoms in total. The highest BCUT2D eigenvalue weighted by molar-refractivity contribution is 8.02. The van der Waals surface area contributed by atoms with Crippen LogP contribution in [0.1, 0.15) is 27.7 Å². The molecule has 0 saturated carbocycles. The van der Waals surface area contributed by atoms with Crippen molar-refractivity contribution in [1.29, 1.82) is 0 Å². The van der Waals surface area contributed by atoms with Crippen molar-refractivity contribution >= 4 is 11.8 Å². The first-order valence-corrected chi connectivity index (χ1v) is 9.39. The molecule has 3 aliphatic heterocycles. The molecule has 118 valence electrons. The molecule has 3 heterocycles. The molecule has 0 saturated heterocycles. The van der Waals surface area contributed by atoms with E-state index in [1.54, 1.807) is 0 Å². The van der Waals surface area contributed by atoms with E-state index in [1.165, 1.54) is 33.0 Å². The van der Waals surface area contributed by atoms with Crippen molar-refractivity contribution in [2.45, 2.75) is 33.2 Å². The van der Waals surface area contributed by atoms with Gasteiger partial charge in [0.05, 0.1) is 11.2 Å². The first-order chi connectivity index (χ1) is 10.9. The lowest BCUT2D eigenvalue weighted by molar-refractivity contribution is 0.281. The second-order valence-corrected chi connectivity index (χ2v) is 8.54. The summed E-state index contributed by atoms with van der Waals surface area (Å²) in [6, 6.07) is 0. The lowest BCUT2D eigenvalue weighted by atomic mass is 9.69. The van der Waals surface area contributed by atoms with Gasteiger partial charge in [0, 0.05) is 10.6 Å². The second kappa shape index (κ2) is 4.67. The summed E-state index contributed by atoms with van der Waals surface area (Å²) in [6.07, 6.45) is 20.6. The van der Waals surface area contributed by atoms with Gasteiger partial charge in [0.15, 0.2) is 0 Å². The van der Waals surface area contributed by atoms with E-state index >= 15 is 0 Å². The SMILES string of the molecule is CSC1=CC=C2C=CC3=CC(C(C)(C)C)=CC4=CC=C1N2C43C. The number of hydrogen-bond acceptors (Lipinski definition) is 2. The minimum Gasteiger partial charge on any atom is -0.326 e. The van der Waals surface area contributed by atoms with E-state index in [0.717, 1.165) is 0 Å². The maximum absolute atomic E-state index is 2.51. The molecule has 1 unspecified atom stereocenters. The van der Waals surface area contributed by atoms with Gasteiger partial charge in [-0.25, -0.2) is 0 Å². The van der Waals surface area contributed by atoms with Crippen LogP contribution in [0.25, 0.3) is 0 Å².